The number of aliphatic hydroxyl groups is 4. The standard InChI is InChI=1S/C19H23N5O6/c1-29-11-4-2-10(3-5-11)12(6-25)23-17-14-18(21-8-20-17)24(9-22-14)19-16(28)15(27)13(7-26)30-19/h2-5,8-9,12-13,15-16,19,25-28H,6-7H2,1H3,(H,20,21,23)/t12-,13+,15?,16?,19+/m0/s1. The Balaban J connectivity index is 1.63. The van der Waals surface area contributed by atoms with Crippen molar-refractivity contribution in [3.8, 4) is 5.75 Å². The average Bonchev–Trinajstić information content (AvgIpc) is 3.33. The molecule has 0 spiro atoms. The van der Waals surface area contributed by atoms with Gasteiger partial charge in [0.1, 0.15) is 30.4 Å². The molecule has 5 N–H and O–H groups in total. The summed E-state index contributed by atoms with van der Waals surface area (Å²) in [5.41, 5.74) is 1.60. The Bertz CT molecular complexity index is 997. The minimum absolute atomic E-state index is 0.187. The van der Waals surface area contributed by atoms with Crippen LogP contribution in [0.25, 0.3) is 11.2 Å². The number of methoxy groups -OCH3 is 1. The van der Waals surface area contributed by atoms with Crippen LogP contribution in [0.5, 0.6) is 5.75 Å². The SMILES string of the molecule is COc1ccc([C@H](CO)Nc2ncnc3c2ncn3[C@@H]2O[C@H](CO)C(O)C2O)cc1. The van der Waals surface area contributed by atoms with E-state index in [4.69, 9.17) is 9.47 Å². The molecule has 0 amide bonds. The minimum atomic E-state index is -1.25. The van der Waals surface area contributed by atoms with Gasteiger partial charge in [0.05, 0.1) is 32.7 Å². The molecule has 11 nitrogen and oxygen atoms in total. The minimum Gasteiger partial charge on any atom is -0.497 e. The molecule has 3 heterocycles. The fraction of sp³-hybridized carbons (Fsp3) is 0.421. The number of fused-ring (bicyclic) bond motifs is 1. The first-order valence-electron chi connectivity index (χ1n) is 9.38. The lowest BCUT2D eigenvalue weighted by atomic mass is 10.1. The fourth-order valence-corrected chi connectivity index (χ4v) is 3.49. The number of nitrogens with one attached hydrogen (secondary N) is 1. The zero-order valence-corrected chi connectivity index (χ0v) is 16.2. The zero-order chi connectivity index (χ0) is 21.3. The summed E-state index contributed by atoms with van der Waals surface area (Å²) in [6.45, 7) is -0.615. The number of aliphatic hydroxyl groups excluding tert-OH is 4. The van der Waals surface area contributed by atoms with E-state index in [-0.39, 0.29) is 6.61 Å². The average molecular weight is 417 g/mol. The molecule has 0 radical (unpaired) electrons. The third-order valence-electron chi connectivity index (χ3n) is 5.16. The van der Waals surface area contributed by atoms with Crippen LogP contribution in [0.3, 0.4) is 0 Å². The van der Waals surface area contributed by atoms with Crippen LogP contribution in [0.4, 0.5) is 5.82 Å². The van der Waals surface area contributed by atoms with Crippen molar-refractivity contribution in [2.75, 3.05) is 25.6 Å². The smallest absolute Gasteiger partial charge is 0.167 e. The van der Waals surface area contributed by atoms with E-state index >= 15 is 0 Å². The van der Waals surface area contributed by atoms with Gasteiger partial charge in [0, 0.05) is 0 Å². The highest BCUT2D eigenvalue weighted by Crippen LogP contribution is 2.32. The third-order valence-corrected chi connectivity index (χ3v) is 5.16. The molecule has 4 rings (SSSR count). The van der Waals surface area contributed by atoms with Crippen molar-refractivity contribution in [3.05, 3.63) is 42.5 Å². The molecule has 0 saturated carbocycles. The van der Waals surface area contributed by atoms with Crippen molar-refractivity contribution >= 4 is 17.0 Å². The van der Waals surface area contributed by atoms with Crippen LogP contribution in [0, 0.1) is 0 Å². The van der Waals surface area contributed by atoms with Crippen molar-refractivity contribution in [1.29, 1.82) is 0 Å². The summed E-state index contributed by atoms with van der Waals surface area (Å²) in [5, 5.41) is 42.6. The molecule has 1 fully saturated rings. The van der Waals surface area contributed by atoms with E-state index < -0.39 is 37.2 Å². The molecule has 160 valence electrons. The maximum atomic E-state index is 10.3. The third kappa shape index (κ3) is 3.57. The van der Waals surface area contributed by atoms with Crippen LogP contribution in [-0.2, 0) is 4.74 Å². The van der Waals surface area contributed by atoms with E-state index in [1.165, 1.54) is 17.2 Å². The molecular formula is C19H23N5O6. The van der Waals surface area contributed by atoms with E-state index in [0.29, 0.717) is 22.7 Å². The summed E-state index contributed by atoms with van der Waals surface area (Å²) in [6, 6.07) is 6.82. The molecule has 11 heteroatoms. The molecule has 3 aromatic rings. The molecule has 30 heavy (non-hydrogen) atoms. The molecule has 1 saturated heterocycles. The fourth-order valence-electron chi connectivity index (χ4n) is 3.49. The predicted octanol–water partition coefficient (Wildman–Crippen LogP) is -0.408. The molecule has 1 aliphatic rings. The monoisotopic (exact) mass is 417 g/mol. The number of anilines is 1. The van der Waals surface area contributed by atoms with Gasteiger partial charge >= 0.3 is 0 Å². The lowest BCUT2D eigenvalue weighted by Crippen LogP contribution is -2.33. The van der Waals surface area contributed by atoms with Gasteiger partial charge in [-0.2, -0.15) is 0 Å². The quantitative estimate of drug-likeness (QED) is 0.343. The second-order valence-corrected chi connectivity index (χ2v) is 6.93. The Kier molecular flexibility index (Phi) is 5.79. The van der Waals surface area contributed by atoms with E-state index in [2.05, 4.69) is 20.3 Å². The molecule has 0 aliphatic carbocycles. The second kappa shape index (κ2) is 8.50. The van der Waals surface area contributed by atoms with Gasteiger partial charge in [-0.3, -0.25) is 4.57 Å². The number of hydrogen-bond donors (Lipinski definition) is 5. The Morgan fingerprint density at radius 3 is 2.53 bits per heavy atom. The van der Waals surface area contributed by atoms with Crippen LogP contribution < -0.4 is 10.1 Å². The number of hydrogen-bond acceptors (Lipinski definition) is 10. The van der Waals surface area contributed by atoms with Crippen molar-refractivity contribution in [3.63, 3.8) is 0 Å². The topological polar surface area (TPSA) is 155 Å². The van der Waals surface area contributed by atoms with Crippen LogP contribution in [0.1, 0.15) is 17.8 Å². The first kappa shape index (κ1) is 20.4. The van der Waals surface area contributed by atoms with Crippen molar-refractivity contribution in [2.45, 2.75) is 30.6 Å². The van der Waals surface area contributed by atoms with E-state index in [9.17, 15) is 20.4 Å². The summed E-state index contributed by atoms with van der Waals surface area (Å²) in [4.78, 5) is 12.8. The summed E-state index contributed by atoms with van der Waals surface area (Å²) in [7, 11) is 1.58. The summed E-state index contributed by atoms with van der Waals surface area (Å²) in [5.74, 6) is 1.09. The second-order valence-electron chi connectivity index (χ2n) is 6.93. The summed E-state index contributed by atoms with van der Waals surface area (Å²) < 4.78 is 12.2. The zero-order valence-electron chi connectivity index (χ0n) is 16.2. The first-order valence-corrected chi connectivity index (χ1v) is 9.38. The lowest BCUT2D eigenvalue weighted by molar-refractivity contribution is -0.0511. The maximum absolute atomic E-state index is 10.3. The summed E-state index contributed by atoms with van der Waals surface area (Å²) >= 11 is 0. The molecule has 5 atom stereocenters. The molecule has 1 aromatic carbocycles. The van der Waals surface area contributed by atoms with Gasteiger partial charge in [0.2, 0.25) is 0 Å². The Hall–Kier alpha value is -2.83. The van der Waals surface area contributed by atoms with E-state index in [1.807, 2.05) is 12.1 Å². The van der Waals surface area contributed by atoms with Crippen molar-refractivity contribution in [2.24, 2.45) is 0 Å². The Morgan fingerprint density at radius 2 is 1.90 bits per heavy atom. The van der Waals surface area contributed by atoms with Crippen LogP contribution in [-0.4, -0.2) is 78.6 Å². The molecule has 2 aromatic heterocycles. The van der Waals surface area contributed by atoms with Gasteiger partial charge in [-0.05, 0) is 17.7 Å². The highest BCUT2D eigenvalue weighted by molar-refractivity contribution is 5.83. The van der Waals surface area contributed by atoms with Gasteiger partial charge in [0.15, 0.2) is 23.2 Å². The van der Waals surface area contributed by atoms with E-state index in [1.54, 1.807) is 19.2 Å². The molecule has 1 aliphatic heterocycles. The number of rotatable bonds is 7. The van der Waals surface area contributed by atoms with Crippen LogP contribution in [0.2, 0.25) is 0 Å². The normalized spacial score (nSPS) is 24.8. The predicted molar refractivity (Wildman–Crippen MR) is 105 cm³/mol. The Morgan fingerprint density at radius 1 is 1.13 bits per heavy atom. The molecule has 0 bridgehead atoms. The first-order chi connectivity index (χ1) is 14.6. The largest absolute Gasteiger partial charge is 0.497 e. The van der Waals surface area contributed by atoms with Gasteiger partial charge in [-0.25, -0.2) is 15.0 Å². The number of benzene rings is 1. The summed E-state index contributed by atoms with van der Waals surface area (Å²) in [6.07, 6.45) is -1.60. The highest BCUT2D eigenvalue weighted by atomic mass is 16.6. The van der Waals surface area contributed by atoms with Gasteiger partial charge < -0.3 is 35.2 Å². The van der Waals surface area contributed by atoms with Crippen molar-refractivity contribution < 1.29 is 29.9 Å². The number of aromatic nitrogens is 4. The number of ether oxygens (including phenoxy) is 2. The van der Waals surface area contributed by atoms with Gasteiger partial charge in [-0.15, -0.1) is 0 Å². The number of nitrogens with zero attached hydrogens (tertiary/aromatic N) is 4. The lowest BCUT2D eigenvalue weighted by Gasteiger charge is -2.18. The maximum Gasteiger partial charge on any atom is 0.167 e. The molecular weight excluding hydrogens is 394 g/mol. The van der Waals surface area contributed by atoms with Crippen LogP contribution in [0.15, 0.2) is 36.9 Å². The van der Waals surface area contributed by atoms with Crippen LogP contribution >= 0.6 is 0 Å². The van der Waals surface area contributed by atoms with Crippen molar-refractivity contribution in [1.82, 2.24) is 19.5 Å². The molecule has 2 unspecified atom stereocenters. The van der Waals surface area contributed by atoms with Gasteiger partial charge in [0.25, 0.3) is 0 Å². The number of imidazole rings is 1. The van der Waals surface area contributed by atoms with Gasteiger partial charge in [-0.1, -0.05) is 12.1 Å². The Labute approximate surface area is 171 Å². The van der Waals surface area contributed by atoms with E-state index in [0.717, 1.165) is 5.56 Å². The highest BCUT2D eigenvalue weighted by Gasteiger charge is 2.44.